The number of aliphatic hydroxyl groups excluding tert-OH is 1. The second-order valence-corrected chi connectivity index (χ2v) is 9.56. The van der Waals surface area contributed by atoms with Gasteiger partial charge in [0.1, 0.15) is 18.0 Å². The molecule has 0 aliphatic heterocycles. The molecule has 1 aromatic carbocycles. The lowest BCUT2D eigenvalue weighted by molar-refractivity contribution is 0.0995. The van der Waals surface area contributed by atoms with Crippen LogP contribution in [0.5, 0.6) is 0 Å². The largest absolute Gasteiger partial charge is 0.393 e. The molecule has 9 heteroatoms. The van der Waals surface area contributed by atoms with Gasteiger partial charge in [-0.25, -0.2) is 8.91 Å². The second kappa shape index (κ2) is 8.94. The molecule has 1 aliphatic rings. The Bertz CT molecular complexity index is 1480. The van der Waals surface area contributed by atoms with Crippen molar-refractivity contribution in [3.05, 3.63) is 65.5 Å². The van der Waals surface area contributed by atoms with E-state index in [1.165, 1.54) is 30.1 Å². The number of nitriles is 2. The molecule has 1 aliphatic carbocycles. The van der Waals surface area contributed by atoms with Crippen molar-refractivity contribution in [3.8, 4) is 23.3 Å². The van der Waals surface area contributed by atoms with Crippen LogP contribution in [-0.2, 0) is 0 Å². The predicted molar refractivity (Wildman–Crippen MR) is 125 cm³/mol. The summed E-state index contributed by atoms with van der Waals surface area (Å²) < 4.78 is 17.3. The fourth-order valence-corrected chi connectivity index (χ4v) is 5.70. The van der Waals surface area contributed by atoms with Crippen LogP contribution in [0.4, 0.5) is 4.39 Å². The number of benzene rings is 1. The number of fused-ring (bicyclic) bond motifs is 1. The number of pyridine rings is 1. The van der Waals surface area contributed by atoms with E-state index < -0.39 is 5.82 Å². The first-order chi connectivity index (χ1) is 16.5. The van der Waals surface area contributed by atoms with E-state index in [0.717, 1.165) is 41.0 Å². The average molecular weight is 473 g/mol. The van der Waals surface area contributed by atoms with Crippen molar-refractivity contribution >= 4 is 17.3 Å². The van der Waals surface area contributed by atoms with Gasteiger partial charge in [0.25, 0.3) is 0 Å². The van der Waals surface area contributed by atoms with Gasteiger partial charge in [0, 0.05) is 32.8 Å². The fourth-order valence-electron chi connectivity index (χ4n) is 4.62. The van der Waals surface area contributed by atoms with Crippen molar-refractivity contribution in [1.29, 1.82) is 10.5 Å². The van der Waals surface area contributed by atoms with Crippen molar-refractivity contribution in [3.63, 3.8) is 0 Å². The summed E-state index contributed by atoms with van der Waals surface area (Å²) in [5, 5.41) is 38.2. The number of aliphatic hydroxyl groups is 1. The highest BCUT2D eigenvalue weighted by Crippen LogP contribution is 2.38. The molecule has 0 amide bonds. The van der Waals surface area contributed by atoms with Gasteiger partial charge in [-0.3, -0.25) is 4.68 Å². The van der Waals surface area contributed by atoms with Gasteiger partial charge >= 0.3 is 0 Å². The van der Waals surface area contributed by atoms with Gasteiger partial charge in [-0.15, -0.1) is 0 Å². The molecule has 3 aromatic heterocycles. The maximum Gasteiger partial charge on any atom is 0.124 e. The van der Waals surface area contributed by atoms with Gasteiger partial charge < -0.3 is 5.11 Å². The van der Waals surface area contributed by atoms with Crippen LogP contribution >= 0.6 is 11.8 Å². The van der Waals surface area contributed by atoms with Crippen molar-refractivity contribution in [2.75, 3.05) is 0 Å². The van der Waals surface area contributed by atoms with E-state index >= 15 is 0 Å². The van der Waals surface area contributed by atoms with E-state index in [-0.39, 0.29) is 17.7 Å². The normalized spacial score (nSPS) is 18.0. The molecule has 2 atom stereocenters. The maximum atomic E-state index is 13.7. The lowest BCUT2D eigenvalue weighted by Crippen LogP contribution is -2.23. The zero-order valence-corrected chi connectivity index (χ0v) is 19.3. The summed E-state index contributed by atoms with van der Waals surface area (Å²) in [6.07, 6.45) is 8.35. The minimum Gasteiger partial charge on any atom is -0.393 e. The lowest BCUT2D eigenvalue weighted by atomic mass is 9.93. The number of hydrogen-bond acceptors (Lipinski definition) is 6. The summed E-state index contributed by atoms with van der Waals surface area (Å²) in [6, 6.07) is 10.4. The molecule has 4 aromatic rings. The number of halogens is 1. The molecule has 1 N–H and O–H groups in total. The Morgan fingerprint density at radius 3 is 2.68 bits per heavy atom. The Labute approximate surface area is 200 Å². The first-order valence-electron chi connectivity index (χ1n) is 11.0. The number of hydrogen-bond donors (Lipinski definition) is 1. The molecular formula is C25H21FN6OS. The van der Waals surface area contributed by atoms with Gasteiger partial charge in [0.15, 0.2) is 0 Å². The quantitative estimate of drug-likeness (QED) is 0.448. The Balaban J connectivity index is 1.61. The van der Waals surface area contributed by atoms with Crippen molar-refractivity contribution in [2.24, 2.45) is 0 Å². The van der Waals surface area contributed by atoms with E-state index in [0.29, 0.717) is 22.4 Å². The topological polar surface area (TPSA) is 103 Å². The van der Waals surface area contributed by atoms with Crippen LogP contribution in [0.15, 0.2) is 52.6 Å². The van der Waals surface area contributed by atoms with Crippen molar-refractivity contribution < 1.29 is 9.50 Å². The Morgan fingerprint density at radius 2 is 1.91 bits per heavy atom. The third-order valence-corrected chi connectivity index (χ3v) is 7.41. The van der Waals surface area contributed by atoms with Crippen LogP contribution in [0, 0.1) is 35.4 Å². The molecule has 7 nitrogen and oxygen atoms in total. The van der Waals surface area contributed by atoms with Gasteiger partial charge in [0.2, 0.25) is 0 Å². The van der Waals surface area contributed by atoms with Gasteiger partial charge in [-0.1, -0.05) is 11.8 Å². The highest BCUT2D eigenvalue weighted by Gasteiger charge is 2.25. The molecule has 0 radical (unpaired) electrons. The third-order valence-electron chi connectivity index (χ3n) is 6.30. The van der Waals surface area contributed by atoms with Crippen LogP contribution in [0.3, 0.4) is 0 Å². The SMILES string of the molecule is Cc1c(-c2cc(Sc3ccc(F)cc3C#N)c3c(C#N)cnn3c2)cnn1[C@@H]1CCC[C@@H](O)C1. The molecule has 0 saturated heterocycles. The van der Waals surface area contributed by atoms with E-state index in [1.54, 1.807) is 10.6 Å². The van der Waals surface area contributed by atoms with E-state index in [9.17, 15) is 20.0 Å². The van der Waals surface area contributed by atoms with Crippen LogP contribution in [0.1, 0.15) is 48.5 Å². The molecular weight excluding hydrogens is 451 g/mol. The van der Waals surface area contributed by atoms with Crippen LogP contribution in [0.25, 0.3) is 16.6 Å². The van der Waals surface area contributed by atoms with E-state index in [1.807, 2.05) is 36.1 Å². The second-order valence-electron chi connectivity index (χ2n) is 8.47. The number of nitrogens with zero attached hydrogens (tertiary/aromatic N) is 6. The van der Waals surface area contributed by atoms with Gasteiger partial charge in [-0.2, -0.15) is 20.7 Å². The fraction of sp³-hybridized carbons (Fsp3) is 0.280. The minimum absolute atomic E-state index is 0.155. The smallest absolute Gasteiger partial charge is 0.124 e. The lowest BCUT2D eigenvalue weighted by Gasteiger charge is -2.27. The van der Waals surface area contributed by atoms with E-state index in [2.05, 4.69) is 16.3 Å². The van der Waals surface area contributed by atoms with Crippen molar-refractivity contribution in [1.82, 2.24) is 19.4 Å². The third kappa shape index (κ3) is 3.94. The monoisotopic (exact) mass is 472 g/mol. The summed E-state index contributed by atoms with van der Waals surface area (Å²) >= 11 is 1.30. The summed E-state index contributed by atoms with van der Waals surface area (Å²) in [6.45, 7) is 2.01. The highest BCUT2D eigenvalue weighted by molar-refractivity contribution is 7.99. The zero-order chi connectivity index (χ0) is 23.8. The van der Waals surface area contributed by atoms with Crippen LogP contribution in [-0.4, -0.2) is 30.6 Å². The molecule has 34 heavy (non-hydrogen) atoms. The van der Waals surface area contributed by atoms with Crippen LogP contribution < -0.4 is 0 Å². The summed E-state index contributed by atoms with van der Waals surface area (Å²) in [7, 11) is 0. The Hall–Kier alpha value is -3.66. The molecule has 170 valence electrons. The molecule has 0 spiro atoms. The highest BCUT2D eigenvalue weighted by atomic mass is 32.2. The maximum absolute atomic E-state index is 13.7. The number of aromatic nitrogens is 4. The first kappa shape index (κ1) is 22.1. The predicted octanol–water partition coefficient (Wildman–Crippen LogP) is 5.02. The van der Waals surface area contributed by atoms with Crippen LogP contribution in [0.2, 0.25) is 0 Å². The Kier molecular flexibility index (Phi) is 5.82. The summed E-state index contributed by atoms with van der Waals surface area (Å²) in [4.78, 5) is 1.33. The molecule has 1 fully saturated rings. The Morgan fingerprint density at radius 1 is 1.09 bits per heavy atom. The average Bonchev–Trinajstić information content (AvgIpc) is 3.43. The molecule has 0 unspecified atom stereocenters. The minimum atomic E-state index is -0.474. The number of rotatable bonds is 4. The zero-order valence-electron chi connectivity index (χ0n) is 18.4. The molecule has 3 heterocycles. The van der Waals surface area contributed by atoms with Gasteiger partial charge in [-0.05, 0) is 56.9 Å². The summed E-state index contributed by atoms with van der Waals surface area (Å²) in [5.41, 5.74) is 4.05. The first-order valence-corrected chi connectivity index (χ1v) is 11.8. The standard InChI is InChI=1S/C25H21FN6OS/c1-15-22(13-30-32(15)20-3-2-4-21(33)9-20)17-8-24(25-18(11-28)12-29-31(25)14-17)34-23-6-5-19(26)7-16(23)10-27/h5-8,12-14,20-21,33H,2-4,9H2,1H3/t20-,21-/m1/s1. The molecule has 5 rings (SSSR count). The van der Waals surface area contributed by atoms with E-state index in [4.69, 9.17) is 0 Å². The molecule has 0 bridgehead atoms. The van der Waals surface area contributed by atoms with Gasteiger partial charge in [0.05, 0.1) is 41.2 Å². The summed E-state index contributed by atoms with van der Waals surface area (Å²) in [5.74, 6) is -0.474. The molecule has 1 saturated carbocycles. The van der Waals surface area contributed by atoms with Crippen molar-refractivity contribution in [2.45, 2.75) is 54.5 Å².